The van der Waals surface area contributed by atoms with E-state index in [1.807, 2.05) is 0 Å². The number of carboxylic acids is 1. The lowest BCUT2D eigenvalue weighted by Gasteiger charge is -2.09. The maximum atomic E-state index is 12.3. The van der Waals surface area contributed by atoms with Crippen LogP contribution >= 0.6 is 0 Å². The summed E-state index contributed by atoms with van der Waals surface area (Å²) in [5, 5.41) is 9.60. The minimum atomic E-state index is -3.71. The SMILES string of the molecule is CCS(=O)(=O)Nc1ccc2c(c1)c(C(=O)O)c(C)n2S(=O)(=O)CC. The molecule has 0 amide bonds. The van der Waals surface area contributed by atoms with E-state index in [1.54, 1.807) is 0 Å². The first-order chi connectivity index (χ1) is 11.0. The maximum absolute atomic E-state index is 12.3. The molecule has 0 atom stereocenters. The van der Waals surface area contributed by atoms with Crippen LogP contribution in [0.4, 0.5) is 5.69 Å². The average molecular weight is 374 g/mol. The number of carboxylic acid groups (broad SMARTS) is 1. The summed E-state index contributed by atoms with van der Waals surface area (Å²) in [6.45, 7) is 4.34. The number of aromatic nitrogens is 1. The maximum Gasteiger partial charge on any atom is 0.338 e. The first-order valence-corrected chi connectivity index (χ1v) is 10.4. The number of sulfonamides is 1. The molecule has 0 spiro atoms. The lowest BCUT2D eigenvalue weighted by molar-refractivity contribution is 0.0698. The van der Waals surface area contributed by atoms with Crippen LogP contribution in [0.15, 0.2) is 18.2 Å². The molecule has 24 heavy (non-hydrogen) atoms. The summed E-state index contributed by atoms with van der Waals surface area (Å²) in [5.74, 6) is -1.61. The van der Waals surface area contributed by atoms with E-state index in [9.17, 15) is 26.7 Å². The number of carbonyl (C=O) groups is 1. The molecular weight excluding hydrogens is 356 g/mol. The van der Waals surface area contributed by atoms with E-state index < -0.39 is 26.0 Å². The Bertz CT molecular complexity index is 1020. The summed E-state index contributed by atoms with van der Waals surface area (Å²) in [4.78, 5) is 11.6. The van der Waals surface area contributed by atoms with Crippen LogP contribution in [-0.4, -0.2) is 43.4 Å². The summed E-state index contributed by atoms with van der Waals surface area (Å²) in [6, 6.07) is 4.14. The van der Waals surface area contributed by atoms with Gasteiger partial charge in [-0.1, -0.05) is 0 Å². The van der Waals surface area contributed by atoms with Crippen molar-refractivity contribution in [2.24, 2.45) is 0 Å². The third-order valence-electron chi connectivity index (χ3n) is 3.66. The third kappa shape index (κ3) is 3.11. The highest BCUT2D eigenvalue weighted by Crippen LogP contribution is 2.30. The van der Waals surface area contributed by atoms with E-state index >= 15 is 0 Å². The molecule has 1 heterocycles. The number of aromatic carboxylic acids is 1. The van der Waals surface area contributed by atoms with E-state index in [1.165, 1.54) is 39.0 Å². The number of benzene rings is 1. The van der Waals surface area contributed by atoms with Crippen LogP contribution in [-0.2, 0) is 20.0 Å². The van der Waals surface area contributed by atoms with Crippen molar-refractivity contribution >= 4 is 42.6 Å². The standard InChI is InChI=1S/C14H18N2O6S2/c1-4-23(19,20)15-10-6-7-12-11(8-10)13(14(17)18)9(3)16(12)24(21,22)5-2/h6-8,15H,4-5H2,1-3H3,(H,17,18). The molecule has 8 nitrogen and oxygen atoms in total. The van der Waals surface area contributed by atoms with E-state index in [-0.39, 0.29) is 39.4 Å². The van der Waals surface area contributed by atoms with Gasteiger partial charge in [-0.3, -0.25) is 4.72 Å². The van der Waals surface area contributed by atoms with Gasteiger partial charge in [0.2, 0.25) is 20.0 Å². The quantitative estimate of drug-likeness (QED) is 0.792. The Kier molecular flexibility index (Phi) is 4.64. The average Bonchev–Trinajstić information content (AvgIpc) is 2.78. The molecule has 0 aliphatic carbocycles. The fourth-order valence-corrected chi connectivity index (χ4v) is 4.32. The number of rotatable bonds is 6. The smallest absolute Gasteiger partial charge is 0.338 e. The summed E-state index contributed by atoms with van der Waals surface area (Å²) >= 11 is 0. The highest BCUT2D eigenvalue weighted by molar-refractivity contribution is 7.92. The normalized spacial score (nSPS) is 12.5. The van der Waals surface area contributed by atoms with E-state index in [0.717, 1.165) is 3.97 Å². The Balaban J connectivity index is 2.82. The predicted molar refractivity (Wildman–Crippen MR) is 91.6 cm³/mol. The minimum absolute atomic E-state index is 0.0786. The van der Waals surface area contributed by atoms with Crippen LogP contribution < -0.4 is 4.72 Å². The van der Waals surface area contributed by atoms with Gasteiger partial charge in [0.15, 0.2) is 0 Å². The lowest BCUT2D eigenvalue weighted by atomic mass is 10.1. The van der Waals surface area contributed by atoms with Crippen molar-refractivity contribution in [3.05, 3.63) is 29.5 Å². The fraction of sp³-hybridized carbons (Fsp3) is 0.357. The van der Waals surface area contributed by atoms with Crippen LogP contribution in [0.3, 0.4) is 0 Å². The van der Waals surface area contributed by atoms with Crippen molar-refractivity contribution in [1.82, 2.24) is 3.97 Å². The molecule has 0 aliphatic heterocycles. The van der Waals surface area contributed by atoms with Gasteiger partial charge in [-0.05, 0) is 39.0 Å². The summed E-state index contributed by atoms with van der Waals surface area (Å²) < 4.78 is 51.2. The van der Waals surface area contributed by atoms with Gasteiger partial charge in [-0.2, -0.15) is 0 Å². The van der Waals surface area contributed by atoms with Crippen molar-refractivity contribution in [2.75, 3.05) is 16.2 Å². The van der Waals surface area contributed by atoms with Gasteiger partial charge in [0, 0.05) is 16.8 Å². The Hall–Kier alpha value is -2.07. The molecule has 1 aromatic heterocycles. The monoisotopic (exact) mass is 374 g/mol. The zero-order valence-electron chi connectivity index (χ0n) is 13.4. The molecule has 1 aromatic carbocycles. The van der Waals surface area contributed by atoms with Gasteiger partial charge in [0.05, 0.1) is 22.6 Å². The Morgan fingerprint density at radius 3 is 2.29 bits per heavy atom. The van der Waals surface area contributed by atoms with Gasteiger partial charge in [-0.15, -0.1) is 0 Å². The largest absolute Gasteiger partial charge is 0.478 e. The molecule has 2 rings (SSSR count). The highest BCUT2D eigenvalue weighted by Gasteiger charge is 2.25. The van der Waals surface area contributed by atoms with Crippen molar-refractivity contribution in [3.63, 3.8) is 0 Å². The Morgan fingerprint density at radius 1 is 1.17 bits per heavy atom. The molecule has 0 saturated carbocycles. The van der Waals surface area contributed by atoms with Crippen LogP contribution in [0.25, 0.3) is 10.9 Å². The summed E-state index contributed by atoms with van der Waals surface area (Å²) in [6.07, 6.45) is 0. The zero-order valence-corrected chi connectivity index (χ0v) is 15.0. The van der Waals surface area contributed by atoms with Crippen molar-refractivity contribution in [1.29, 1.82) is 0 Å². The second-order valence-corrected chi connectivity index (χ2v) is 9.29. The molecule has 0 fully saturated rings. The summed E-state index contributed by atoms with van der Waals surface area (Å²) in [7, 11) is -7.24. The highest BCUT2D eigenvalue weighted by atomic mass is 32.2. The lowest BCUT2D eigenvalue weighted by Crippen LogP contribution is -2.16. The van der Waals surface area contributed by atoms with Gasteiger partial charge in [-0.25, -0.2) is 25.6 Å². The second-order valence-electron chi connectivity index (χ2n) is 5.17. The number of fused-ring (bicyclic) bond motifs is 1. The van der Waals surface area contributed by atoms with Crippen molar-refractivity contribution in [3.8, 4) is 0 Å². The molecule has 0 aliphatic rings. The van der Waals surface area contributed by atoms with Crippen molar-refractivity contribution < 1.29 is 26.7 Å². The zero-order chi connectivity index (χ0) is 18.3. The van der Waals surface area contributed by atoms with Gasteiger partial charge in [0.25, 0.3) is 0 Å². The van der Waals surface area contributed by atoms with E-state index in [0.29, 0.717) is 0 Å². The summed E-state index contributed by atoms with van der Waals surface area (Å²) in [5.41, 5.74) is 0.290. The number of anilines is 1. The van der Waals surface area contributed by atoms with E-state index in [2.05, 4.69) is 4.72 Å². The molecule has 0 unspecified atom stereocenters. The predicted octanol–water partition coefficient (Wildman–Crippen LogP) is 1.61. The number of hydrogen-bond acceptors (Lipinski definition) is 5. The molecule has 2 aromatic rings. The van der Waals surface area contributed by atoms with Crippen LogP contribution in [0, 0.1) is 6.92 Å². The second kappa shape index (κ2) is 6.10. The van der Waals surface area contributed by atoms with Crippen molar-refractivity contribution in [2.45, 2.75) is 20.8 Å². The topological polar surface area (TPSA) is 123 Å². The number of nitrogens with zero attached hydrogens (tertiary/aromatic N) is 1. The van der Waals surface area contributed by atoms with Crippen LogP contribution in [0.1, 0.15) is 29.9 Å². The molecule has 132 valence electrons. The molecular formula is C14H18N2O6S2. The molecule has 0 radical (unpaired) electrons. The fourth-order valence-electron chi connectivity index (χ4n) is 2.46. The number of hydrogen-bond donors (Lipinski definition) is 2. The van der Waals surface area contributed by atoms with Gasteiger partial charge in [0.1, 0.15) is 0 Å². The van der Waals surface area contributed by atoms with Gasteiger partial charge < -0.3 is 5.11 Å². The third-order valence-corrected chi connectivity index (χ3v) is 6.72. The minimum Gasteiger partial charge on any atom is -0.478 e. The molecule has 0 saturated heterocycles. The first-order valence-electron chi connectivity index (χ1n) is 7.16. The van der Waals surface area contributed by atoms with Crippen LogP contribution in [0.2, 0.25) is 0 Å². The first kappa shape index (κ1) is 18.3. The molecule has 10 heteroatoms. The number of nitrogens with one attached hydrogen (secondary N) is 1. The molecule has 0 bridgehead atoms. The van der Waals surface area contributed by atoms with Gasteiger partial charge >= 0.3 is 5.97 Å². The van der Waals surface area contributed by atoms with Crippen LogP contribution in [0.5, 0.6) is 0 Å². The molecule has 2 N–H and O–H groups in total. The Morgan fingerprint density at radius 2 is 1.79 bits per heavy atom. The Labute approximate surface area is 140 Å². The van der Waals surface area contributed by atoms with E-state index in [4.69, 9.17) is 0 Å².